The number of hydrogen-bond donors (Lipinski definition) is 1. The predicted octanol–water partition coefficient (Wildman–Crippen LogP) is 2.84. The van der Waals surface area contributed by atoms with Gasteiger partial charge in [0.05, 0.1) is 12.6 Å². The molecule has 0 aliphatic carbocycles. The van der Waals surface area contributed by atoms with Gasteiger partial charge >= 0.3 is 0 Å². The lowest BCUT2D eigenvalue weighted by molar-refractivity contribution is 0.163. The summed E-state index contributed by atoms with van der Waals surface area (Å²) in [6, 6.07) is 6.64. The number of rotatable bonds is 6. The van der Waals surface area contributed by atoms with Gasteiger partial charge in [0.2, 0.25) is 5.95 Å². The Balaban J connectivity index is 2.00. The van der Waals surface area contributed by atoms with Gasteiger partial charge in [0.15, 0.2) is 0 Å². The third-order valence-electron chi connectivity index (χ3n) is 2.92. The highest BCUT2D eigenvalue weighted by Gasteiger charge is 2.09. The Morgan fingerprint density at radius 3 is 2.79 bits per heavy atom. The lowest BCUT2D eigenvalue weighted by atomic mass is 10.2. The third kappa shape index (κ3) is 3.54. The molecular formula is C14H18FN3O. The van der Waals surface area contributed by atoms with Crippen LogP contribution in [0.3, 0.4) is 0 Å². The van der Waals surface area contributed by atoms with Gasteiger partial charge < -0.3 is 14.6 Å². The highest BCUT2D eigenvalue weighted by Crippen LogP contribution is 2.14. The molecule has 1 N–H and O–H groups in total. The first kappa shape index (κ1) is 13.5. The molecule has 102 valence electrons. The topological polar surface area (TPSA) is 39.1 Å². The average Bonchev–Trinajstić information content (AvgIpc) is 2.87. The molecule has 1 aromatic heterocycles. The van der Waals surface area contributed by atoms with Crippen LogP contribution in [0.4, 0.5) is 10.3 Å². The van der Waals surface area contributed by atoms with E-state index in [4.69, 9.17) is 4.74 Å². The van der Waals surface area contributed by atoms with Gasteiger partial charge in [-0.25, -0.2) is 9.37 Å². The zero-order valence-corrected chi connectivity index (χ0v) is 11.1. The number of aromatic nitrogens is 2. The molecule has 1 aromatic carbocycles. The summed E-state index contributed by atoms with van der Waals surface area (Å²) in [5.74, 6) is 0.563. The predicted molar refractivity (Wildman–Crippen MR) is 72.5 cm³/mol. The Morgan fingerprint density at radius 2 is 2.11 bits per heavy atom. The van der Waals surface area contributed by atoms with Crippen LogP contribution in [0, 0.1) is 5.82 Å². The van der Waals surface area contributed by atoms with E-state index in [0.717, 1.165) is 11.5 Å². The van der Waals surface area contributed by atoms with Crippen molar-refractivity contribution >= 4 is 5.95 Å². The zero-order chi connectivity index (χ0) is 13.7. The Hall–Kier alpha value is -1.88. The van der Waals surface area contributed by atoms with Gasteiger partial charge in [-0.1, -0.05) is 12.1 Å². The van der Waals surface area contributed by atoms with Crippen molar-refractivity contribution in [2.24, 2.45) is 0 Å². The van der Waals surface area contributed by atoms with Gasteiger partial charge in [-0.3, -0.25) is 0 Å². The van der Waals surface area contributed by atoms with E-state index in [2.05, 4.69) is 17.2 Å². The lowest BCUT2D eigenvalue weighted by Gasteiger charge is -2.16. The minimum Gasteiger partial charge on any atom is -0.383 e. The van der Waals surface area contributed by atoms with Gasteiger partial charge in [-0.2, -0.15) is 0 Å². The van der Waals surface area contributed by atoms with E-state index in [-0.39, 0.29) is 11.9 Å². The van der Waals surface area contributed by atoms with Crippen LogP contribution in [0.1, 0.15) is 18.5 Å². The van der Waals surface area contributed by atoms with Crippen LogP contribution < -0.4 is 5.32 Å². The normalized spacial score (nSPS) is 12.4. The third-order valence-corrected chi connectivity index (χ3v) is 2.92. The van der Waals surface area contributed by atoms with Crippen molar-refractivity contribution in [2.75, 3.05) is 19.0 Å². The smallest absolute Gasteiger partial charge is 0.203 e. The Labute approximate surface area is 112 Å². The molecule has 0 radical (unpaired) electrons. The molecule has 5 heteroatoms. The average molecular weight is 263 g/mol. The summed E-state index contributed by atoms with van der Waals surface area (Å²) in [5.41, 5.74) is 1.01. The van der Waals surface area contributed by atoms with Crippen molar-refractivity contribution in [1.29, 1.82) is 0 Å². The molecule has 0 fully saturated rings. The van der Waals surface area contributed by atoms with E-state index in [1.807, 2.05) is 10.8 Å². The summed E-state index contributed by atoms with van der Waals surface area (Å²) in [6.07, 6.45) is 3.66. The SMILES string of the molecule is COCC(C)n1ccnc1NCc1ccc(F)cc1. The molecule has 0 spiro atoms. The van der Waals surface area contributed by atoms with Crippen molar-refractivity contribution in [1.82, 2.24) is 9.55 Å². The van der Waals surface area contributed by atoms with E-state index in [1.54, 1.807) is 25.4 Å². The molecule has 0 bridgehead atoms. The van der Waals surface area contributed by atoms with Crippen molar-refractivity contribution in [2.45, 2.75) is 19.5 Å². The van der Waals surface area contributed by atoms with Gasteiger partial charge in [-0.05, 0) is 24.6 Å². The molecule has 0 saturated carbocycles. The number of hydrogen-bond acceptors (Lipinski definition) is 3. The van der Waals surface area contributed by atoms with Crippen LogP contribution in [0.5, 0.6) is 0 Å². The summed E-state index contributed by atoms with van der Waals surface area (Å²) in [5, 5.41) is 3.24. The van der Waals surface area contributed by atoms with Crippen LogP contribution in [0.25, 0.3) is 0 Å². The second-order valence-corrected chi connectivity index (χ2v) is 4.44. The van der Waals surface area contributed by atoms with Crippen LogP contribution in [-0.4, -0.2) is 23.3 Å². The second kappa shape index (κ2) is 6.33. The zero-order valence-electron chi connectivity index (χ0n) is 11.1. The molecule has 2 aromatic rings. The maximum absolute atomic E-state index is 12.8. The minimum absolute atomic E-state index is 0.211. The maximum atomic E-state index is 12.8. The molecule has 0 aliphatic rings. The minimum atomic E-state index is -0.223. The van der Waals surface area contributed by atoms with Crippen LogP contribution >= 0.6 is 0 Å². The number of halogens is 1. The fraction of sp³-hybridized carbons (Fsp3) is 0.357. The van der Waals surface area contributed by atoms with E-state index >= 15 is 0 Å². The Morgan fingerprint density at radius 1 is 1.37 bits per heavy atom. The van der Waals surface area contributed by atoms with E-state index < -0.39 is 0 Å². The maximum Gasteiger partial charge on any atom is 0.203 e. The fourth-order valence-corrected chi connectivity index (χ4v) is 1.91. The van der Waals surface area contributed by atoms with Crippen molar-refractivity contribution < 1.29 is 9.13 Å². The van der Waals surface area contributed by atoms with Crippen molar-refractivity contribution in [3.8, 4) is 0 Å². The molecular weight excluding hydrogens is 245 g/mol. The number of ether oxygens (including phenoxy) is 1. The number of methoxy groups -OCH3 is 1. The summed E-state index contributed by atoms with van der Waals surface area (Å²) in [6.45, 7) is 3.30. The van der Waals surface area contributed by atoms with E-state index in [1.165, 1.54) is 12.1 Å². The first-order chi connectivity index (χ1) is 9.20. The molecule has 0 saturated heterocycles. The molecule has 1 heterocycles. The Bertz CT molecular complexity index is 510. The molecule has 0 amide bonds. The standard InChI is InChI=1S/C14H18FN3O/c1-11(10-19-2)18-8-7-16-14(18)17-9-12-3-5-13(15)6-4-12/h3-8,11H,9-10H2,1-2H3,(H,16,17). The molecule has 2 rings (SSSR count). The largest absolute Gasteiger partial charge is 0.383 e. The van der Waals surface area contributed by atoms with E-state index in [9.17, 15) is 4.39 Å². The molecule has 1 atom stereocenters. The monoisotopic (exact) mass is 263 g/mol. The van der Waals surface area contributed by atoms with Crippen LogP contribution in [0.15, 0.2) is 36.7 Å². The molecule has 0 aliphatic heterocycles. The molecule has 19 heavy (non-hydrogen) atoms. The lowest BCUT2D eigenvalue weighted by Crippen LogP contribution is -2.14. The first-order valence-corrected chi connectivity index (χ1v) is 6.21. The summed E-state index contributed by atoms with van der Waals surface area (Å²) >= 11 is 0. The van der Waals surface area contributed by atoms with E-state index in [0.29, 0.717) is 13.2 Å². The van der Waals surface area contributed by atoms with Crippen LogP contribution in [0.2, 0.25) is 0 Å². The highest BCUT2D eigenvalue weighted by atomic mass is 19.1. The molecule has 4 nitrogen and oxygen atoms in total. The van der Waals surface area contributed by atoms with Crippen molar-refractivity contribution in [3.05, 3.63) is 48.0 Å². The number of anilines is 1. The number of benzene rings is 1. The second-order valence-electron chi connectivity index (χ2n) is 4.44. The summed E-state index contributed by atoms with van der Waals surface area (Å²) < 4.78 is 20.0. The van der Waals surface area contributed by atoms with Gasteiger partial charge in [0.1, 0.15) is 5.82 Å². The fourth-order valence-electron chi connectivity index (χ4n) is 1.91. The Kier molecular flexibility index (Phi) is 4.52. The quantitative estimate of drug-likeness (QED) is 0.871. The summed E-state index contributed by atoms with van der Waals surface area (Å²) in [7, 11) is 1.68. The van der Waals surface area contributed by atoms with Crippen LogP contribution in [-0.2, 0) is 11.3 Å². The number of nitrogens with one attached hydrogen (secondary N) is 1. The van der Waals surface area contributed by atoms with Gasteiger partial charge in [0.25, 0.3) is 0 Å². The van der Waals surface area contributed by atoms with Gasteiger partial charge in [-0.15, -0.1) is 0 Å². The summed E-state index contributed by atoms with van der Waals surface area (Å²) in [4.78, 5) is 4.27. The first-order valence-electron chi connectivity index (χ1n) is 6.21. The number of imidazole rings is 1. The van der Waals surface area contributed by atoms with Gasteiger partial charge in [0, 0.05) is 26.0 Å². The molecule has 1 unspecified atom stereocenters. The van der Waals surface area contributed by atoms with Crippen molar-refractivity contribution in [3.63, 3.8) is 0 Å². The number of nitrogens with zero attached hydrogens (tertiary/aromatic N) is 2. The highest BCUT2D eigenvalue weighted by molar-refractivity contribution is 5.29.